The van der Waals surface area contributed by atoms with E-state index >= 15 is 0 Å². The molecule has 5 heteroatoms. The van der Waals surface area contributed by atoms with Crippen molar-refractivity contribution in [3.63, 3.8) is 0 Å². The van der Waals surface area contributed by atoms with E-state index in [1.807, 2.05) is 31.2 Å². The lowest BCUT2D eigenvalue weighted by atomic mass is 10.0. The van der Waals surface area contributed by atoms with Gasteiger partial charge >= 0.3 is 5.69 Å². The first-order valence-corrected chi connectivity index (χ1v) is 6.64. The van der Waals surface area contributed by atoms with Crippen LogP contribution in [0.3, 0.4) is 0 Å². The van der Waals surface area contributed by atoms with Gasteiger partial charge in [-0.05, 0) is 31.0 Å². The van der Waals surface area contributed by atoms with E-state index in [0.717, 1.165) is 17.7 Å². The van der Waals surface area contributed by atoms with Crippen LogP contribution in [0.4, 0.5) is 0 Å². The number of aromatic amines is 2. The molecule has 0 saturated heterocycles. The van der Waals surface area contributed by atoms with Gasteiger partial charge in [-0.15, -0.1) is 0 Å². The molecule has 0 spiro atoms. The van der Waals surface area contributed by atoms with Gasteiger partial charge in [0.05, 0.1) is 6.61 Å². The quantitative estimate of drug-likeness (QED) is 0.872. The van der Waals surface area contributed by atoms with E-state index in [2.05, 4.69) is 9.97 Å². The van der Waals surface area contributed by atoms with Gasteiger partial charge in [-0.3, -0.25) is 9.78 Å². The molecule has 1 aromatic carbocycles. The Morgan fingerprint density at radius 2 is 2.00 bits per heavy atom. The second-order valence-corrected chi connectivity index (χ2v) is 4.68. The van der Waals surface area contributed by atoms with Gasteiger partial charge in [-0.25, -0.2) is 4.79 Å². The summed E-state index contributed by atoms with van der Waals surface area (Å²) in [5, 5.41) is 0. The van der Waals surface area contributed by atoms with E-state index in [4.69, 9.17) is 4.74 Å². The van der Waals surface area contributed by atoms with E-state index < -0.39 is 5.69 Å². The number of nitrogens with one attached hydrogen (secondary N) is 2. The lowest BCUT2D eigenvalue weighted by Crippen LogP contribution is -2.27. The van der Waals surface area contributed by atoms with Crippen LogP contribution in [-0.2, 0) is 6.42 Å². The Morgan fingerprint density at radius 1 is 1.20 bits per heavy atom. The Labute approximate surface area is 116 Å². The number of hydrogen-bond acceptors (Lipinski definition) is 3. The van der Waals surface area contributed by atoms with Gasteiger partial charge in [-0.1, -0.05) is 19.1 Å². The molecule has 0 bridgehead atoms. The van der Waals surface area contributed by atoms with E-state index in [1.54, 1.807) is 6.92 Å². The number of H-pyrrole nitrogens is 2. The summed E-state index contributed by atoms with van der Waals surface area (Å²) in [6.07, 6.45) is 1.41. The maximum Gasteiger partial charge on any atom is 0.325 e. The van der Waals surface area contributed by atoms with Gasteiger partial charge in [0.25, 0.3) is 5.56 Å². The molecular weight excluding hydrogens is 256 g/mol. The van der Waals surface area contributed by atoms with E-state index in [0.29, 0.717) is 24.3 Å². The summed E-state index contributed by atoms with van der Waals surface area (Å²) in [5.41, 5.74) is 1.32. The summed E-state index contributed by atoms with van der Waals surface area (Å²) < 4.78 is 5.57. The van der Waals surface area contributed by atoms with Crippen molar-refractivity contribution in [2.24, 2.45) is 0 Å². The average Bonchev–Trinajstić information content (AvgIpc) is 2.41. The molecule has 0 amide bonds. The molecule has 1 aromatic heterocycles. The van der Waals surface area contributed by atoms with Crippen molar-refractivity contribution in [2.45, 2.75) is 26.7 Å². The molecule has 0 unspecified atom stereocenters. The zero-order valence-electron chi connectivity index (χ0n) is 11.7. The Kier molecular flexibility index (Phi) is 4.40. The van der Waals surface area contributed by atoms with Crippen molar-refractivity contribution in [1.82, 2.24) is 9.97 Å². The first-order chi connectivity index (χ1) is 9.60. The van der Waals surface area contributed by atoms with E-state index in [1.165, 1.54) is 0 Å². The second-order valence-electron chi connectivity index (χ2n) is 4.68. The summed E-state index contributed by atoms with van der Waals surface area (Å²) in [6, 6.07) is 7.64. The molecule has 0 aliphatic carbocycles. The first-order valence-electron chi connectivity index (χ1n) is 6.64. The molecule has 2 N–H and O–H groups in total. The highest BCUT2D eigenvalue weighted by molar-refractivity contribution is 5.33. The zero-order chi connectivity index (χ0) is 14.5. The predicted octanol–water partition coefficient (Wildman–Crippen LogP) is 1.75. The molecular formula is C15H18N2O3. The number of benzene rings is 1. The summed E-state index contributed by atoms with van der Waals surface area (Å²) in [6.45, 7) is 4.44. The van der Waals surface area contributed by atoms with Gasteiger partial charge in [0, 0.05) is 17.7 Å². The van der Waals surface area contributed by atoms with Crippen molar-refractivity contribution in [2.75, 3.05) is 6.61 Å². The van der Waals surface area contributed by atoms with Gasteiger partial charge in [-0.2, -0.15) is 0 Å². The second kappa shape index (κ2) is 6.23. The van der Waals surface area contributed by atoms with Gasteiger partial charge in [0.15, 0.2) is 0 Å². The van der Waals surface area contributed by atoms with Crippen molar-refractivity contribution in [1.29, 1.82) is 0 Å². The maximum atomic E-state index is 11.8. The van der Waals surface area contributed by atoms with Crippen molar-refractivity contribution in [3.8, 4) is 5.75 Å². The minimum absolute atomic E-state index is 0.342. The highest BCUT2D eigenvalue weighted by Gasteiger charge is 2.07. The molecule has 2 rings (SSSR count). The monoisotopic (exact) mass is 274 g/mol. The minimum atomic E-state index is -0.476. The van der Waals surface area contributed by atoms with E-state index in [-0.39, 0.29) is 5.56 Å². The summed E-state index contributed by atoms with van der Waals surface area (Å²) in [4.78, 5) is 27.8. The minimum Gasteiger partial charge on any atom is -0.494 e. The normalized spacial score (nSPS) is 10.5. The molecule has 0 aliphatic rings. The van der Waals surface area contributed by atoms with Crippen molar-refractivity contribution < 1.29 is 4.74 Å². The highest BCUT2D eigenvalue weighted by Crippen LogP contribution is 2.16. The van der Waals surface area contributed by atoms with Crippen LogP contribution in [0.1, 0.15) is 30.2 Å². The van der Waals surface area contributed by atoms with E-state index in [9.17, 15) is 9.59 Å². The molecule has 0 saturated carbocycles. The number of hydrogen-bond donors (Lipinski definition) is 2. The molecule has 2 aromatic rings. The van der Waals surface area contributed by atoms with Crippen LogP contribution in [0.2, 0.25) is 0 Å². The van der Waals surface area contributed by atoms with Crippen molar-refractivity contribution in [3.05, 3.63) is 61.9 Å². The standard InChI is InChI=1S/C15H18N2O3/c1-3-7-20-12-6-4-5-11(8-12)9-13-10(2)16-15(19)17-14(13)18/h4-6,8H,3,7,9H2,1-2H3,(H2,16,17,18,19). The molecule has 0 radical (unpaired) electrons. The molecule has 20 heavy (non-hydrogen) atoms. The van der Waals surface area contributed by atoms with Crippen LogP contribution in [-0.4, -0.2) is 16.6 Å². The largest absolute Gasteiger partial charge is 0.494 e. The summed E-state index contributed by atoms with van der Waals surface area (Å²) in [7, 11) is 0. The average molecular weight is 274 g/mol. The van der Waals surface area contributed by atoms with Crippen LogP contribution in [0, 0.1) is 6.92 Å². The first kappa shape index (κ1) is 14.1. The predicted molar refractivity (Wildman–Crippen MR) is 77.5 cm³/mol. The molecule has 0 fully saturated rings. The molecule has 0 atom stereocenters. The third kappa shape index (κ3) is 3.38. The molecule has 0 aliphatic heterocycles. The fourth-order valence-corrected chi connectivity index (χ4v) is 2.01. The molecule has 5 nitrogen and oxygen atoms in total. The zero-order valence-corrected chi connectivity index (χ0v) is 11.7. The number of aryl methyl sites for hydroxylation is 1. The third-order valence-electron chi connectivity index (χ3n) is 3.01. The van der Waals surface area contributed by atoms with Gasteiger partial charge < -0.3 is 9.72 Å². The SMILES string of the molecule is CCCOc1cccc(Cc2c(C)[nH]c(=O)[nH]c2=O)c1. The lowest BCUT2D eigenvalue weighted by Gasteiger charge is -2.08. The van der Waals surface area contributed by atoms with Crippen LogP contribution in [0.5, 0.6) is 5.75 Å². The Morgan fingerprint density at radius 3 is 2.70 bits per heavy atom. The highest BCUT2D eigenvalue weighted by atomic mass is 16.5. The topological polar surface area (TPSA) is 75.0 Å². The summed E-state index contributed by atoms with van der Waals surface area (Å²) in [5.74, 6) is 0.794. The fraction of sp³-hybridized carbons (Fsp3) is 0.333. The lowest BCUT2D eigenvalue weighted by molar-refractivity contribution is 0.317. The van der Waals surface area contributed by atoms with Gasteiger partial charge in [0.2, 0.25) is 0 Å². The Hall–Kier alpha value is -2.30. The molecule has 1 heterocycles. The number of aromatic nitrogens is 2. The summed E-state index contributed by atoms with van der Waals surface area (Å²) >= 11 is 0. The smallest absolute Gasteiger partial charge is 0.325 e. The van der Waals surface area contributed by atoms with Crippen molar-refractivity contribution >= 4 is 0 Å². The Bertz CT molecular complexity index is 701. The third-order valence-corrected chi connectivity index (χ3v) is 3.01. The maximum absolute atomic E-state index is 11.8. The van der Waals surface area contributed by atoms with Crippen LogP contribution in [0.25, 0.3) is 0 Å². The Balaban J connectivity index is 2.26. The van der Waals surface area contributed by atoms with Crippen LogP contribution in [0.15, 0.2) is 33.9 Å². The van der Waals surface area contributed by atoms with Crippen LogP contribution < -0.4 is 16.0 Å². The number of rotatable bonds is 5. The van der Waals surface area contributed by atoms with Crippen LogP contribution >= 0.6 is 0 Å². The fourth-order valence-electron chi connectivity index (χ4n) is 2.01. The van der Waals surface area contributed by atoms with Gasteiger partial charge in [0.1, 0.15) is 5.75 Å². The molecule has 106 valence electrons. The number of ether oxygens (including phenoxy) is 1.